The molecule has 0 radical (unpaired) electrons. The van der Waals surface area contributed by atoms with Crippen molar-refractivity contribution in [1.29, 1.82) is 0 Å². The molecule has 0 spiro atoms. The molecule has 17 heavy (non-hydrogen) atoms. The number of aromatic nitrogens is 3. The van der Waals surface area contributed by atoms with Crippen molar-refractivity contribution in [3.05, 3.63) is 24.4 Å². The van der Waals surface area contributed by atoms with Gasteiger partial charge in [-0.15, -0.1) is 5.10 Å². The molecule has 0 saturated carbocycles. The highest BCUT2D eigenvalue weighted by molar-refractivity contribution is 7.99. The fourth-order valence-electron chi connectivity index (χ4n) is 2.09. The third-order valence-corrected chi connectivity index (χ3v) is 4.18. The smallest absolute Gasteiger partial charge is 0.243 e. The number of hydrogen-bond acceptors (Lipinski definition) is 4. The van der Waals surface area contributed by atoms with Crippen LogP contribution in [0.2, 0.25) is 0 Å². The summed E-state index contributed by atoms with van der Waals surface area (Å²) in [5.41, 5.74) is 0.897. The lowest BCUT2D eigenvalue weighted by molar-refractivity contribution is 0.515. The van der Waals surface area contributed by atoms with Crippen molar-refractivity contribution in [1.82, 2.24) is 14.6 Å². The van der Waals surface area contributed by atoms with Gasteiger partial charge in [0.15, 0.2) is 5.65 Å². The maximum absolute atomic E-state index is 4.43. The van der Waals surface area contributed by atoms with Gasteiger partial charge < -0.3 is 5.32 Å². The SMILES string of the molecule is c1ccn2nc(NCC3CCSCC3)nc2c1. The Morgan fingerprint density at radius 1 is 1.35 bits per heavy atom. The van der Waals surface area contributed by atoms with Gasteiger partial charge in [0.2, 0.25) is 5.95 Å². The zero-order valence-electron chi connectivity index (χ0n) is 9.67. The highest BCUT2D eigenvalue weighted by Gasteiger charge is 2.14. The van der Waals surface area contributed by atoms with Crippen LogP contribution in [-0.2, 0) is 0 Å². The van der Waals surface area contributed by atoms with E-state index in [1.54, 1.807) is 4.52 Å². The zero-order chi connectivity index (χ0) is 11.5. The molecule has 0 unspecified atom stereocenters. The second-order valence-corrected chi connectivity index (χ2v) is 5.60. The molecule has 0 aromatic carbocycles. The number of hydrogen-bond donors (Lipinski definition) is 1. The molecule has 1 fully saturated rings. The Hall–Kier alpha value is -1.23. The van der Waals surface area contributed by atoms with Crippen LogP contribution in [-0.4, -0.2) is 32.6 Å². The lowest BCUT2D eigenvalue weighted by Crippen LogP contribution is -2.19. The van der Waals surface area contributed by atoms with E-state index in [0.717, 1.165) is 24.1 Å². The molecule has 0 amide bonds. The van der Waals surface area contributed by atoms with E-state index in [9.17, 15) is 0 Å². The van der Waals surface area contributed by atoms with E-state index in [0.29, 0.717) is 0 Å². The Bertz CT molecular complexity index is 457. The Labute approximate surface area is 105 Å². The minimum absolute atomic E-state index is 0.745. The van der Waals surface area contributed by atoms with Gasteiger partial charge in [-0.2, -0.15) is 16.7 Å². The molecule has 3 rings (SSSR count). The highest BCUT2D eigenvalue weighted by atomic mass is 32.2. The summed E-state index contributed by atoms with van der Waals surface area (Å²) in [7, 11) is 0. The predicted molar refractivity (Wildman–Crippen MR) is 71.5 cm³/mol. The van der Waals surface area contributed by atoms with E-state index < -0.39 is 0 Å². The maximum Gasteiger partial charge on any atom is 0.243 e. The Kier molecular flexibility index (Phi) is 3.18. The summed E-state index contributed by atoms with van der Waals surface area (Å²) >= 11 is 2.06. The third kappa shape index (κ3) is 2.54. The van der Waals surface area contributed by atoms with Gasteiger partial charge in [0, 0.05) is 12.7 Å². The summed E-state index contributed by atoms with van der Waals surface area (Å²) in [4.78, 5) is 4.43. The van der Waals surface area contributed by atoms with Crippen LogP contribution in [0.25, 0.3) is 5.65 Å². The van der Waals surface area contributed by atoms with Crippen molar-refractivity contribution < 1.29 is 0 Å². The molecule has 1 aliphatic heterocycles. The van der Waals surface area contributed by atoms with Crippen LogP contribution < -0.4 is 5.32 Å². The normalized spacial score (nSPS) is 17.4. The molecule has 1 saturated heterocycles. The molecule has 3 heterocycles. The fraction of sp³-hybridized carbons (Fsp3) is 0.500. The minimum atomic E-state index is 0.745. The van der Waals surface area contributed by atoms with Crippen LogP contribution in [0.3, 0.4) is 0 Å². The lowest BCUT2D eigenvalue weighted by atomic mass is 10.0. The van der Waals surface area contributed by atoms with Crippen molar-refractivity contribution in [2.75, 3.05) is 23.4 Å². The summed E-state index contributed by atoms with van der Waals surface area (Å²) in [5, 5.41) is 7.74. The highest BCUT2D eigenvalue weighted by Crippen LogP contribution is 2.22. The quantitative estimate of drug-likeness (QED) is 0.905. The van der Waals surface area contributed by atoms with E-state index in [1.165, 1.54) is 24.3 Å². The summed E-state index contributed by atoms with van der Waals surface area (Å²) in [5.74, 6) is 4.12. The van der Waals surface area contributed by atoms with Crippen LogP contribution in [0.5, 0.6) is 0 Å². The van der Waals surface area contributed by atoms with E-state index >= 15 is 0 Å². The molecule has 1 N–H and O–H groups in total. The zero-order valence-corrected chi connectivity index (χ0v) is 10.5. The first-order valence-electron chi connectivity index (χ1n) is 6.05. The molecule has 4 nitrogen and oxygen atoms in total. The van der Waals surface area contributed by atoms with Crippen molar-refractivity contribution in [3.63, 3.8) is 0 Å². The van der Waals surface area contributed by atoms with Gasteiger partial charge in [0.1, 0.15) is 0 Å². The maximum atomic E-state index is 4.43. The third-order valence-electron chi connectivity index (χ3n) is 3.13. The van der Waals surface area contributed by atoms with Crippen molar-refractivity contribution in [3.8, 4) is 0 Å². The van der Waals surface area contributed by atoms with Crippen molar-refractivity contribution in [2.24, 2.45) is 5.92 Å². The van der Waals surface area contributed by atoms with Gasteiger partial charge in [-0.3, -0.25) is 0 Å². The molecule has 2 aromatic heterocycles. The Balaban J connectivity index is 1.64. The molecule has 2 aromatic rings. The Morgan fingerprint density at radius 3 is 3.06 bits per heavy atom. The van der Waals surface area contributed by atoms with E-state index in [1.807, 2.05) is 24.4 Å². The monoisotopic (exact) mass is 248 g/mol. The first kappa shape index (κ1) is 10.9. The average Bonchev–Trinajstić information content (AvgIpc) is 2.80. The van der Waals surface area contributed by atoms with Crippen LogP contribution >= 0.6 is 11.8 Å². The molecule has 5 heteroatoms. The first-order valence-corrected chi connectivity index (χ1v) is 7.20. The van der Waals surface area contributed by atoms with Crippen molar-refractivity contribution in [2.45, 2.75) is 12.8 Å². The minimum Gasteiger partial charge on any atom is -0.353 e. The second-order valence-electron chi connectivity index (χ2n) is 4.38. The molecule has 0 bridgehead atoms. The number of rotatable bonds is 3. The predicted octanol–water partition coefficient (Wildman–Crippen LogP) is 2.28. The Morgan fingerprint density at radius 2 is 2.24 bits per heavy atom. The molecule has 90 valence electrons. The number of nitrogens with zero attached hydrogens (tertiary/aromatic N) is 3. The van der Waals surface area contributed by atoms with Gasteiger partial charge >= 0.3 is 0 Å². The fourth-order valence-corrected chi connectivity index (χ4v) is 3.30. The van der Waals surface area contributed by atoms with Crippen LogP contribution in [0.1, 0.15) is 12.8 Å². The average molecular weight is 248 g/mol. The first-order chi connectivity index (χ1) is 8.42. The molecule has 0 atom stereocenters. The summed E-state index contributed by atoms with van der Waals surface area (Å²) in [6, 6.07) is 5.91. The topological polar surface area (TPSA) is 42.2 Å². The van der Waals surface area contributed by atoms with Crippen LogP contribution in [0.4, 0.5) is 5.95 Å². The summed E-state index contributed by atoms with van der Waals surface area (Å²) in [6.45, 7) is 0.997. The van der Waals surface area contributed by atoms with Crippen LogP contribution in [0, 0.1) is 5.92 Å². The van der Waals surface area contributed by atoms with E-state index in [4.69, 9.17) is 0 Å². The van der Waals surface area contributed by atoms with Crippen molar-refractivity contribution >= 4 is 23.4 Å². The van der Waals surface area contributed by atoms with Gasteiger partial charge in [0.25, 0.3) is 0 Å². The largest absolute Gasteiger partial charge is 0.353 e. The summed E-state index contributed by atoms with van der Waals surface area (Å²) in [6.07, 6.45) is 4.54. The van der Waals surface area contributed by atoms with E-state index in [-0.39, 0.29) is 0 Å². The van der Waals surface area contributed by atoms with Crippen LogP contribution in [0.15, 0.2) is 24.4 Å². The number of anilines is 1. The lowest BCUT2D eigenvalue weighted by Gasteiger charge is -2.20. The van der Waals surface area contributed by atoms with Gasteiger partial charge in [-0.25, -0.2) is 4.52 Å². The van der Waals surface area contributed by atoms with Gasteiger partial charge in [0.05, 0.1) is 0 Å². The number of thioether (sulfide) groups is 1. The van der Waals surface area contributed by atoms with Gasteiger partial charge in [-0.05, 0) is 42.4 Å². The number of pyridine rings is 1. The summed E-state index contributed by atoms with van der Waals surface area (Å²) < 4.78 is 1.80. The molecular weight excluding hydrogens is 232 g/mol. The molecule has 1 aliphatic rings. The standard InChI is InChI=1S/C12H16N4S/c1-2-6-16-11(3-1)14-12(15-16)13-9-10-4-7-17-8-5-10/h1-3,6,10H,4-5,7-9H2,(H,13,15). The number of nitrogens with one attached hydrogen (secondary N) is 1. The molecule has 0 aliphatic carbocycles. The van der Waals surface area contributed by atoms with Gasteiger partial charge in [-0.1, -0.05) is 6.07 Å². The van der Waals surface area contributed by atoms with E-state index in [2.05, 4.69) is 27.2 Å². The second kappa shape index (κ2) is 4.96. The number of fused-ring (bicyclic) bond motifs is 1. The molecular formula is C12H16N4S.